The molecule has 0 saturated heterocycles. The van der Waals surface area contributed by atoms with E-state index in [0.717, 1.165) is 13.1 Å². The molecule has 0 aromatic heterocycles. The zero-order valence-electron chi connectivity index (χ0n) is 12.4. The fourth-order valence-electron chi connectivity index (χ4n) is 2.40. The van der Waals surface area contributed by atoms with Gasteiger partial charge in [0.25, 0.3) is 0 Å². The van der Waals surface area contributed by atoms with E-state index >= 15 is 0 Å². The zero-order valence-corrected chi connectivity index (χ0v) is 12.4. The maximum absolute atomic E-state index is 13.7. The van der Waals surface area contributed by atoms with Crippen LogP contribution < -0.4 is 5.73 Å². The Hall–Kier alpha value is -0.930. The van der Waals surface area contributed by atoms with Crippen LogP contribution in [0, 0.1) is 11.7 Å². The molecule has 0 radical (unpaired) electrons. The summed E-state index contributed by atoms with van der Waals surface area (Å²) in [7, 11) is 0. The van der Waals surface area contributed by atoms with Gasteiger partial charge in [-0.15, -0.1) is 0 Å². The summed E-state index contributed by atoms with van der Waals surface area (Å²) >= 11 is 0. The molecule has 1 atom stereocenters. The average molecular weight is 266 g/mol. The number of nitrogens with zero attached hydrogens (tertiary/aromatic N) is 1. The lowest BCUT2D eigenvalue weighted by Crippen LogP contribution is -2.35. The van der Waals surface area contributed by atoms with Gasteiger partial charge in [0.2, 0.25) is 0 Å². The van der Waals surface area contributed by atoms with Gasteiger partial charge in [-0.2, -0.15) is 0 Å². The first kappa shape index (κ1) is 16.1. The van der Waals surface area contributed by atoms with Gasteiger partial charge in [-0.25, -0.2) is 4.39 Å². The van der Waals surface area contributed by atoms with E-state index in [0.29, 0.717) is 18.0 Å². The fraction of sp³-hybridized carbons (Fsp3) is 0.625. The highest BCUT2D eigenvalue weighted by atomic mass is 19.1. The number of nitrogens with two attached hydrogens (primary N) is 1. The highest BCUT2D eigenvalue weighted by Gasteiger charge is 2.16. The summed E-state index contributed by atoms with van der Waals surface area (Å²) in [4.78, 5) is 2.33. The molecule has 0 heterocycles. The summed E-state index contributed by atoms with van der Waals surface area (Å²) in [6.07, 6.45) is 2.36. The fourth-order valence-corrected chi connectivity index (χ4v) is 2.40. The first-order valence-electron chi connectivity index (χ1n) is 7.34. The zero-order chi connectivity index (χ0) is 14.3. The molecular formula is C16H27FN2. The van der Waals surface area contributed by atoms with Crippen LogP contribution in [0.3, 0.4) is 0 Å². The Bertz CT molecular complexity index is 364. The Morgan fingerprint density at radius 1 is 1.11 bits per heavy atom. The van der Waals surface area contributed by atoms with Crippen molar-refractivity contribution in [3.8, 4) is 0 Å². The van der Waals surface area contributed by atoms with Crippen molar-refractivity contribution < 1.29 is 4.39 Å². The van der Waals surface area contributed by atoms with Crippen LogP contribution in [0.1, 0.15) is 45.2 Å². The van der Waals surface area contributed by atoms with Crippen molar-refractivity contribution in [2.75, 3.05) is 19.6 Å². The first-order valence-corrected chi connectivity index (χ1v) is 7.34. The minimum atomic E-state index is -0.254. The lowest BCUT2D eigenvalue weighted by molar-refractivity contribution is 0.220. The van der Waals surface area contributed by atoms with Crippen molar-refractivity contribution in [2.45, 2.75) is 39.7 Å². The van der Waals surface area contributed by atoms with E-state index in [1.807, 2.05) is 6.07 Å². The molecule has 0 saturated carbocycles. The summed E-state index contributed by atoms with van der Waals surface area (Å²) in [5, 5.41) is 0. The van der Waals surface area contributed by atoms with Gasteiger partial charge >= 0.3 is 0 Å². The standard InChI is InChI=1S/C16H27FN2/c1-4-13(5-2)11-19(6-3)12-16(18)14-9-7-8-10-15(14)17/h7-10,13,16H,4-6,11-12,18H2,1-3H3. The summed E-state index contributed by atoms with van der Waals surface area (Å²) in [6.45, 7) is 9.30. The minimum absolute atomic E-state index is 0.200. The molecular weight excluding hydrogens is 239 g/mol. The number of likely N-dealkylation sites (N-methyl/N-ethyl adjacent to an activating group) is 1. The predicted octanol–water partition coefficient (Wildman–Crippen LogP) is 3.58. The van der Waals surface area contributed by atoms with Crippen LogP contribution in [-0.2, 0) is 0 Å². The first-order chi connectivity index (χ1) is 9.12. The predicted molar refractivity (Wildman–Crippen MR) is 79.5 cm³/mol. The molecule has 1 aromatic rings. The van der Waals surface area contributed by atoms with E-state index in [4.69, 9.17) is 5.73 Å². The molecule has 0 aliphatic rings. The van der Waals surface area contributed by atoms with Crippen LogP contribution in [0.5, 0.6) is 0 Å². The molecule has 2 nitrogen and oxygen atoms in total. The molecule has 0 spiro atoms. The molecule has 1 unspecified atom stereocenters. The number of halogens is 1. The maximum Gasteiger partial charge on any atom is 0.128 e. The van der Waals surface area contributed by atoms with Crippen LogP contribution >= 0.6 is 0 Å². The highest BCUT2D eigenvalue weighted by Crippen LogP contribution is 2.17. The van der Waals surface area contributed by atoms with E-state index in [1.54, 1.807) is 12.1 Å². The van der Waals surface area contributed by atoms with Crippen LogP contribution in [0.4, 0.5) is 4.39 Å². The van der Waals surface area contributed by atoms with Gasteiger partial charge in [-0.05, 0) is 18.5 Å². The van der Waals surface area contributed by atoms with Crippen molar-refractivity contribution >= 4 is 0 Å². The monoisotopic (exact) mass is 266 g/mol. The Morgan fingerprint density at radius 3 is 2.26 bits per heavy atom. The molecule has 0 fully saturated rings. The molecule has 1 aromatic carbocycles. The second kappa shape index (κ2) is 8.28. The Balaban J connectivity index is 2.63. The normalized spacial score (nSPS) is 13.2. The van der Waals surface area contributed by atoms with Crippen LogP contribution in [0.2, 0.25) is 0 Å². The van der Waals surface area contributed by atoms with E-state index in [-0.39, 0.29) is 11.9 Å². The third-order valence-electron chi connectivity index (χ3n) is 3.88. The van der Waals surface area contributed by atoms with E-state index in [2.05, 4.69) is 25.7 Å². The number of rotatable bonds is 8. The third kappa shape index (κ3) is 4.92. The lowest BCUT2D eigenvalue weighted by atomic mass is 10.0. The van der Waals surface area contributed by atoms with Gasteiger partial charge in [0, 0.05) is 24.7 Å². The Morgan fingerprint density at radius 2 is 1.74 bits per heavy atom. The average Bonchev–Trinajstić information content (AvgIpc) is 2.43. The van der Waals surface area contributed by atoms with Gasteiger partial charge < -0.3 is 10.6 Å². The van der Waals surface area contributed by atoms with Crippen molar-refractivity contribution in [1.29, 1.82) is 0 Å². The van der Waals surface area contributed by atoms with Crippen molar-refractivity contribution in [1.82, 2.24) is 4.90 Å². The van der Waals surface area contributed by atoms with Gasteiger partial charge in [0.1, 0.15) is 5.82 Å². The summed E-state index contributed by atoms with van der Waals surface area (Å²) in [6, 6.07) is 6.55. The summed E-state index contributed by atoms with van der Waals surface area (Å²) in [5.74, 6) is 0.501. The quantitative estimate of drug-likeness (QED) is 0.779. The van der Waals surface area contributed by atoms with Gasteiger partial charge in [0.05, 0.1) is 0 Å². The third-order valence-corrected chi connectivity index (χ3v) is 3.88. The number of benzene rings is 1. The van der Waals surface area contributed by atoms with Gasteiger partial charge in [-0.1, -0.05) is 51.8 Å². The Labute approximate surface area is 116 Å². The second-order valence-corrected chi connectivity index (χ2v) is 5.16. The molecule has 3 heteroatoms. The molecule has 108 valence electrons. The molecule has 0 aliphatic carbocycles. The summed E-state index contributed by atoms with van der Waals surface area (Å²) in [5.41, 5.74) is 6.77. The topological polar surface area (TPSA) is 29.3 Å². The summed E-state index contributed by atoms with van der Waals surface area (Å²) < 4.78 is 13.7. The van der Waals surface area contributed by atoms with E-state index < -0.39 is 0 Å². The molecule has 0 aliphatic heterocycles. The van der Waals surface area contributed by atoms with Gasteiger partial charge in [-0.3, -0.25) is 0 Å². The van der Waals surface area contributed by atoms with Gasteiger partial charge in [0.15, 0.2) is 0 Å². The van der Waals surface area contributed by atoms with Crippen molar-refractivity contribution in [3.05, 3.63) is 35.6 Å². The number of hydrogen-bond acceptors (Lipinski definition) is 2. The van der Waals surface area contributed by atoms with Crippen molar-refractivity contribution in [2.24, 2.45) is 11.7 Å². The minimum Gasteiger partial charge on any atom is -0.323 e. The molecule has 19 heavy (non-hydrogen) atoms. The molecule has 0 bridgehead atoms. The van der Waals surface area contributed by atoms with E-state index in [1.165, 1.54) is 18.9 Å². The van der Waals surface area contributed by atoms with Crippen LogP contribution in [0.25, 0.3) is 0 Å². The van der Waals surface area contributed by atoms with Crippen molar-refractivity contribution in [3.63, 3.8) is 0 Å². The second-order valence-electron chi connectivity index (χ2n) is 5.16. The van der Waals surface area contributed by atoms with E-state index in [9.17, 15) is 4.39 Å². The van der Waals surface area contributed by atoms with Crippen LogP contribution in [0.15, 0.2) is 24.3 Å². The smallest absolute Gasteiger partial charge is 0.128 e. The maximum atomic E-state index is 13.7. The van der Waals surface area contributed by atoms with Crippen LogP contribution in [-0.4, -0.2) is 24.5 Å². The number of hydrogen-bond donors (Lipinski definition) is 1. The molecule has 0 amide bonds. The molecule has 1 rings (SSSR count). The highest BCUT2D eigenvalue weighted by molar-refractivity contribution is 5.21. The Kier molecular flexibility index (Phi) is 7.03. The SMILES string of the molecule is CCC(CC)CN(CC)CC(N)c1ccccc1F. The molecule has 2 N–H and O–H groups in total. The largest absolute Gasteiger partial charge is 0.323 e. The lowest BCUT2D eigenvalue weighted by Gasteiger charge is -2.28.